The van der Waals surface area contributed by atoms with Gasteiger partial charge in [0.25, 0.3) is 10.0 Å². The van der Waals surface area contributed by atoms with E-state index in [1.54, 1.807) is 12.1 Å². The summed E-state index contributed by atoms with van der Waals surface area (Å²) < 4.78 is 27.0. The molecule has 2 rings (SSSR count). The fourth-order valence-electron chi connectivity index (χ4n) is 1.74. The number of rotatable bonds is 3. The number of sulfonamides is 1. The summed E-state index contributed by atoms with van der Waals surface area (Å²) in [4.78, 5) is 4.06. The highest BCUT2D eigenvalue weighted by Gasteiger charge is 2.16. The van der Waals surface area contributed by atoms with Crippen LogP contribution in [0.3, 0.4) is 0 Å². The summed E-state index contributed by atoms with van der Waals surface area (Å²) in [6, 6.07) is 6.66. The summed E-state index contributed by atoms with van der Waals surface area (Å²) >= 11 is 5.91. The zero-order valence-electron chi connectivity index (χ0n) is 10.5. The Morgan fingerprint density at radius 2 is 1.79 bits per heavy atom. The zero-order chi connectivity index (χ0) is 14.0. The number of aryl methyl sites for hydroxylation is 2. The number of benzene rings is 1. The third kappa shape index (κ3) is 3.24. The van der Waals surface area contributed by atoms with Crippen LogP contribution in [0.25, 0.3) is 0 Å². The molecule has 0 saturated heterocycles. The minimum atomic E-state index is -3.66. The fraction of sp³-hybridized carbons (Fsp3) is 0.154. The van der Waals surface area contributed by atoms with Gasteiger partial charge in [-0.25, -0.2) is 8.42 Å². The Balaban J connectivity index is 2.41. The molecular weight excluding hydrogens is 284 g/mol. The number of pyridine rings is 1. The number of nitrogens with one attached hydrogen (secondary N) is 1. The lowest BCUT2D eigenvalue weighted by molar-refractivity contribution is 0.601. The Morgan fingerprint density at radius 3 is 2.37 bits per heavy atom. The Bertz CT molecular complexity index is 694. The van der Waals surface area contributed by atoms with Gasteiger partial charge in [-0.05, 0) is 43.2 Å². The van der Waals surface area contributed by atoms with E-state index in [0.29, 0.717) is 5.02 Å². The van der Waals surface area contributed by atoms with Gasteiger partial charge >= 0.3 is 0 Å². The van der Waals surface area contributed by atoms with Crippen molar-refractivity contribution < 1.29 is 8.42 Å². The predicted molar refractivity (Wildman–Crippen MR) is 76.0 cm³/mol. The second kappa shape index (κ2) is 5.19. The Kier molecular flexibility index (Phi) is 3.78. The van der Waals surface area contributed by atoms with Crippen molar-refractivity contribution in [3.63, 3.8) is 0 Å². The molecule has 1 N–H and O–H groups in total. The minimum Gasteiger partial charge on any atom is -0.277 e. The highest BCUT2D eigenvalue weighted by Crippen LogP contribution is 2.23. The third-order valence-electron chi connectivity index (χ3n) is 2.52. The van der Waals surface area contributed by atoms with Crippen LogP contribution in [0.2, 0.25) is 5.02 Å². The summed E-state index contributed by atoms with van der Waals surface area (Å²) in [6.45, 7) is 3.70. The summed E-state index contributed by atoms with van der Waals surface area (Å²) in [5.41, 5.74) is 2.04. The summed E-state index contributed by atoms with van der Waals surface area (Å²) in [5.74, 6) is 0. The SMILES string of the molecule is Cc1cc(C)cc(S(=O)(=O)Nc2cnccc2Cl)c1. The van der Waals surface area contributed by atoms with E-state index in [9.17, 15) is 8.42 Å². The van der Waals surface area contributed by atoms with E-state index in [1.165, 1.54) is 18.5 Å². The van der Waals surface area contributed by atoms with Gasteiger partial charge in [0.05, 0.1) is 21.8 Å². The number of hydrogen-bond donors (Lipinski definition) is 1. The van der Waals surface area contributed by atoms with Crippen molar-refractivity contribution >= 4 is 27.3 Å². The molecule has 2 aromatic rings. The Hall–Kier alpha value is -1.59. The molecule has 1 aromatic carbocycles. The van der Waals surface area contributed by atoms with Crippen LogP contribution >= 0.6 is 11.6 Å². The van der Waals surface area contributed by atoms with E-state index < -0.39 is 10.0 Å². The topological polar surface area (TPSA) is 59.1 Å². The summed E-state index contributed by atoms with van der Waals surface area (Å²) in [6.07, 6.45) is 2.87. The number of nitrogens with zero attached hydrogens (tertiary/aromatic N) is 1. The lowest BCUT2D eigenvalue weighted by atomic mass is 10.2. The van der Waals surface area contributed by atoms with Gasteiger partial charge < -0.3 is 0 Å². The molecule has 0 radical (unpaired) electrons. The molecule has 0 bridgehead atoms. The number of aromatic nitrogens is 1. The lowest BCUT2D eigenvalue weighted by Gasteiger charge is -2.10. The molecule has 0 atom stereocenters. The van der Waals surface area contributed by atoms with Crippen molar-refractivity contribution in [3.05, 3.63) is 52.8 Å². The highest BCUT2D eigenvalue weighted by molar-refractivity contribution is 7.92. The molecule has 0 aliphatic carbocycles. The Morgan fingerprint density at radius 1 is 1.16 bits per heavy atom. The quantitative estimate of drug-likeness (QED) is 0.946. The minimum absolute atomic E-state index is 0.213. The molecular formula is C13H13ClN2O2S. The first-order chi connectivity index (χ1) is 8.88. The van der Waals surface area contributed by atoms with Crippen LogP contribution in [0.4, 0.5) is 5.69 Å². The van der Waals surface area contributed by atoms with E-state index >= 15 is 0 Å². The average molecular weight is 297 g/mol. The zero-order valence-corrected chi connectivity index (χ0v) is 12.1. The van der Waals surface area contributed by atoms with Crippen LogP contribution in [0.5, 0.6) is 0 Å². The third-order valence-corrected chi connectivity index (χ3v) is 4.19. The molecule has 1 aromatic heterocycles. The van der Waals surface area contributed by atoms with E-state index in [0.717, 1.165) is 11.1 Å². The van der Waals surface area contributed by atoms with Gasteiger partial charge in [-0.15, -0.1) is 0 Å². The van der Waals surface area contributed by atoms with Crippen LogP contribution in [0, 0.1) is 13.8 Å². The molecule has 4 nitrogen and oxygen atoms in total. The lowest BCUT2D eigenvalue weighted by Crippen LogP contribution is -2.13. The van der Waals surface area contributed by atoms with Gasteiger partial charge in [0, 0.05) is 6.20 Å². The highest BCUT2D eigenvalue weighted by atomic mass is 35.5. The number of hydrogen-bond acceptors (Lipinski definition) is 3. The molecule has 0 spiro atoms. The van der Waals surface area contributed by atoms with Gasteiger partial charge in [-0.2, -0.15) is 0 Å². The maximum absolute atomic E-state index is 12.3. The normalized spacial score (nSPS) is 11.3. The second-order valence-electron chi connectivity index (χ2n) is 4.28. The number of anilines is 1. The van der Waals surface area contributed by atoms with Gasteiger partial charge in [0.15, 0.2) is 0 Å². The Labute approximate surface area is 117 Å². The first-order valence-electron chi connectivity index (χ1n) is 5.59. The molecule has 100 valence electrons. The molecule has 0 unspecified atom stereocenters. The van der Waals surface area contributed by atoms with E-state index in [2.05, 4.69) is 9.71 Å². The van der Waals surface area contributed by atoms with Crippen molar-refractivity contribution in [3.8, 4) is 0 Å². The van der Waals surface area contributed by atoms with E-state index in [1.807, 2.05) is 19.9 Å². The second-order valence-corrected chi connectivity index (χ2v) is 6.37. The average Bonchev–Trinajstić information content (AvgIpc) is 2.31. The fourth-order valence-corrected chi connectivity index (χ4v) is 3.20. The molecule has 0 fully saturated rings. The maximum Gasteiger partial charge on any atom is 0.262 e. The van der Waals surface area contributed by atoms with Gasteiger partial charge in [0.1, 0.15) is 0 Å². The number of halogens is 1. The molecule has 0 aliphatic heterocycles. The standard InChI is InChI=1S/C13H13ClN2O2S/c1-9-5-10(2)7-11(6-9)19(17,18)16-13-8-15-4-3-12(13)14/h3-8,16H,1-2H3. The summed E-state index contributed by atoms with van der Waals surface area (Å²) in [5, 5.41) is 0.308. The van der Waals surface area contributed by atoms with Crippen LogP contribution in [0.15, 0.2) is 41.6 Å². The maximum atomic E-state index is 12.3. The van der Waals surface area contributed by atoms with E-state index in [-0.39, 0.29) is 10.6 Å². The first-order valence-corrected chi connectivity index (χ1v) is 7.45. The van der Waals surface area contributed by atoms with Crippen LogP contribution in [0.1, 0.15) is 11.1 Å². The molecule has 6 heteroatoms. The van der Waals surface area contributed by atoms with Gasteiger partial charge in [-0.3, -0.25) is 9.71 Å². The molecule has 1 heterocycles. The predicted octanol–water partition coefficient (Wildman–Crippen LogP) is 3.15. The van der Waals surface area contributed by atoms with Crippen molar-refractivity contribution in [1.82, 2.24) is 4.98 Å². The molecule has 0 amide bonds. The largest absolute Gasteiger partial charge is 0.277 e. The first kappa shape index (κ1) is 13.8. The van der Waals surface area contributed by atoms with Crippen molar-refractivity contribution in [2.45, 2.75) is 18.7 Å². The molecule has 19 heavy (non-hydrogen) atoms. The van der Waals surface area contributed by atoms with E-state index in [4.69, 9.17) is 11.6 Å². The van der Waals surface area contributed by atoms with Crippen molar-refractivity contribution in [2.75, 3.05) is 4.72 Å². The van der Waals surface area contributed by atoms with Gasteiger partial charge in [-0.1, -0.05) is 17.7 Å². The van der Waals surface area contributed by atoms with Crippen LogP contribution < -0.4 is 4.72 Å². The van der Waals surface area contributed by atoms with Crippen LogP contribution in [-0.2, 0) is 10.0 Å². The monoisotopic (exact) mass is 296 g/mol. The smallest absolute Gasteiger partial charge is 0.262 e. The van der Waals surface area contributed by atoms with Gasteiger partial charge in [0.2, 0.25) is 0 Å². The van der Waals surface area contributed by atoms with Crippen molar-refractivity contribution in [2.24, 2.45) is 0 Å². The molecule has 0 aliphatic rings. The van der Waals surface area contributed by atoms with Crippen molar-refractivity contribution in [1.29, 1.82) is 0 Å². The molecule has 0 saturated carbocycles. The summed E-state index contributed by atoms with van der Waals surface area (Å²) in [7, 11) is -3.66. The van der Waals surface area contributed by atoms with Crippen LogP contribution in [-0.4, -0.2) is 13.4 Å².